The van der Waals surface area contributed by atoms with Crippen LogP contribution in [0.4, 0.5) is 0 Å². The Morgan fingerprint density at radius 2 is 2.00 bits per heavy atom. The Balaban J connectivity index is 2.15. The van der Waals surface area contributed by atoms with Crippen LogP contribution in [0.3, 0.4) is 0 Å². The summed E-state index contributed by atoms with van der Waals surface area (Å²) in [5.74, 6) is 1.82. The first-order valence-electron chi connectivity index (χ1n) is 5.34. The summed E-state index contributed by atoms with van der Waals surface area (Å²) in [5.41, 5.74) is 1.83. The van der Waals surface area contributed by atoms with E-state index in [0.717, 1.165) is 24.4 Å². The molecule has 0 saturated carbocycles. The van der Waals surface area contributed by atoms with E-state index in [1.165, 1.54) is 5.57 Å². The maximum atomic E-state index is 8.68. The summed E-state index contributed by atoms with van der Waals surface area (Å²) in [6, 6.07) is 9.28. The molecule has 0 radical (unpaired) electrons. The molecule has 2 nitrogen and oxygen atoms in total. The Bertz CT molecular complexity index is 474. The van der Waals surface area contributed by atoms with Crippen molar-refractivity contribution in [1.82, 2.24) is 0 Å². The van der Waals surface area contributed by atoms with Crippen molar-refractivity contribution in [2.45, 2.75) is 19.8 Å². The summed E-state index contributed by atoms with van der Waals surface area (Å²) in [7, 11) is 0. The number of allylic oxidation sites excluding steroid dienone is 4. The molecule has 1 aliphatic carbocycles. The number of nitriles is 1. The fourth-order valence-corrected chi connectivity index (χ4v) is 1.64. The fraction of sp³-hybridized carbons (Fsp3) is 0.214. The minimum Gasteiger partial charge on any atom is -0.461 e. The molecule has 1 aromatic rings. The van der Waals surface area contributed by atoms with E-state index >= 15 is 0 Å². The third-order valence-corrected chi connectivity index (χ3v) is 2.57. The van der Waals surface area contributed by atoms with Gasteiger partial charge in [0.15, 0.2) is 0 Å². The first-order chi connectivity index (χ1) is 7.79. The summed E-state index contributed by atoms with van der Waals surface area (Å²) >= 11 is 0. The van der Waals surface area contributed by atoms with Crippen molar-refractivity contribution >= 4 is 0 Å². The molecule has 2 rings (SSSR count). The van der Waals surface area contributed by atoms with Gasteiger partial charge < -0.3 is 4.74 Å². The highest BCUT2D eigenvalue weighted by Crippen LogP contribution is 2.23. The zero-order valence-corrected chi connectivity index (χ0v) is 9.23. The zero-order chi connectivity index (χ0) is 11.4. The van der Waals surface area contributed by atoms with Crippen molar-refractivity contribution < 1.29 is 4.74 Å². The average molecular weight is 211 g/mol. The van der Waals surface area contributed by atoms with Crippen LogP contribution >= 0.6 is 0 Å². The molecule has 0 saturated heterocycles. The van der Waals surface area contributed by atoms with Gasteiger partial charge in [-0.1, -0.05) is 12.2 Å². The lowest BCUT2D eigenvalue weighted by molar-refractivity contribution is 0.397. The van der Waals surface area contributed by atoms with Crippen LogP contribution in [0.1, 0.15) is 25.3 Å². The topological polar surface area (TPSA) is 33.0 Å². The molecule has 1 aromatic carbocycles. The Hall–Kier alpha value is -2.01. The van der Waals surface area contributed by atoms with Gasteiger partial charge in [-0.25, -0.2) is 0 Å². The summed E-state index contributed by atoms with van der Waals surface area (Å²) in [4.78, 5) is 0. The Morgan fingerprint density at radius 3 is 2.62 bits per heavy atom. The average Bonchev–Trinajstić information content (AvgIpc) is 2.33. The van der Waals surface area contributed by atoms with Crippen molar-refractivity contribution in [3.8, 4) is 11.8 Å². The second-order valence-electron chi connectivity index (χ2n) is 3.79. The number of rotatable bonds is 2. The molecule has 2 heteroatoms. The van der Waals surface area contributed by atoms with Crippen molar-refractivity contribution in [3.05, 3.63) is 53.3 Å². The van der Waals surface area contributed by atoms with Crippen LogP contribution in [-0.4, -0.2) is 0 Å². The molecular weight excluding hydrogens is 198 g/mol. The summed E-state index contributed by atoms with van der Waals surface area (Å²) < 4.78 is 5.79. The maximum absolute atomic E-state index is 8.68. The maximum Gasteiger partial charge on any atom is 0.127 e. The van der Waals surface area contributed by atoms with Gasteiger partial charge in [0.05, 0.1) is 11.6 Å². The smallest absolute Gasteiger partial charge is 0.127 e. The molecule has 0 bridgehead atoms. The van der Waals surface area contributed by atoms with E-state index in [1.807, 2.05) is 12.1 Å². The van der Waals surface area contributed by atoms with Crippen molar-refractivity contribution in [3.63, 3.8) is 0 Å². The second-order valence-corrected chi connectivity index (χ2v) is 3.79. The largest absolute Gasteiger partial charge is 0.461 e. The standard InChI is InChI=1S/C14H13NO/c1-11-4-2-3-5-14(11)16-13-8-6-12(10-15)7-9-13/h2,4,6-9H,3,5H2,1H3. The molecule has 80 valence electrons. The quantitative estimate of drug-likeness (QED) is 0.749. The Kier molecular flexibility index (Phi) is 3.07. The monoisotopic (exact) mass is 211 g/mol. The molecule has 0 N–H and O–H groups in total. The highest BCUT2D eigenvalue weighted by Gasteiger charge is 2.07. The van der Waals surface area contributed by atoms with Crippen molar-refractivity contribution in [1.29, 1.82) is 5.26 Å². The van der Waals surface area contributed by atoms with Gasteiger partial charge in [0, 0.05) is 6.42 Å². The van der Waals surface area contributed by atoms with Crippen LogP contribution in [0, 0.1) is 11.3 Å². The van der Waals surface area contributed by atoms with E-state index in [4.69, 9.17) is 10.00 Å². The predicted octanol–water partition coefficient (Wildman–Crippen LogP) is 3.56. The molecule has 0 atom stereocenters. The molecule has 0 fully saturated rings. The minimum absolute atomic E-state index is 0.654. The zero-order valence-electron chi connectivity index (χ0n) is 9.23. The predicted molar refractivity (Wildman–Crippen MR) is 62.9 cm³/mol. The highest BCUT2D eigenvalue weighted by molar-refractivity contribution is 5.36. The van der Waals surface area contributed by atoms with Gasteiger partial charge in [-0.05, 0) is 43.2 Å². The van der Waals surface area contributed by atoms with Gasteiger partial charge in [-0.2, -0.15) is 5.26 Å². The van der Waals surface area contributed by atoms with Crippen LogP contribution in [0.25, 0.3) is 0 Å². The lowest BCUT2D eigenvalue weighted by atomic mass is 10.1. The number of hydrogen-bond acceptors (Lipinski definition) is 2. The van der Waals surface area contributed by atoms with Gasteiger partial charge in [0.2, 0.25) is 0 Å². The van der Waals surface area contributed by atoms with Gasteiger partial charge >= 0.3 is 0 Å². The van der Waals surface area contributed by atoms with E-state index < -0.39 is 0 Å². The van der Waals surface area contributed by atoms with E-state index in [1.54, 1.807) is 12.1 Å². The van der Waals surface area contributed by atoms with Crippen LogP contribution in [-0.2, 0) is 0 Å². The van der Waals surface area contributed by atoms with Crippen molar-refractivity contribution in [2.75, 3.05) is 0 Å². The van der Waals surface area contributed by atoms with Crippen LogP contribution < -0.4 is 4.74 Å². The number of benzene rings is 1. The number of hydrogen-bond donors (Lipinski definition) is 0. The van der Waals surface area contributed by atoms with E-state index in [2.05, 4.69) is 25.1 Å². The van der Waals surface area contributed by atoms with E-state index in [9.17, 15) is 0 Å². The first-order valence-corrected chi connectivity index (χ1v) is 5.34. The third kappa shape index (κ3) is 2.32. The molecule has 0 heterocycles. The van der Waals surface area contributed by atoms with Crippen molar-refractivity contribution in [2.24, 2.45) is 0 Å². The number of ether oxygens (including phenoxy) is 1. The SMILES string of the molecule is CC1=C(Oc2ccc(C#N)cc2)CCC=C1. The highest BCUT2D eigenvalue weighted by atomic mass is 16.5. The normalized spacial score (nSPS) is 14.8. The van der Waals surface area contributed by atoms with Gasteiger partial charge in [-0.3, -0.25) is 0 Å². The minimum atomic E-state index is 0.654. The molecule has 1 aliphatic rings. The third-order valence-electron chi connectivity index (χ3n) is 2.57. The Morgan fingerprint density at radius 1 is 1.25 bits per heavy atom. The second kappa shape index (κ2) is 4.67. The summed E-state index contributed by atoms with van der Waals surface area (Å²) in [5, 5.41) is 8.68. The number of nitrogens with zero attached hydrogens (tertiary/aromatic N) is 1. The molecule has 16 heavy (non-hydrogen) atoms. The fourth-order valence-electron chi connectivity index (χ4n) is 1.64. The molecule has 0 aromatic heterocycles. The molecule has 0 aliphatic heterocycles. The van der Waals surface area contributed by atoms with Gasteiger partial charge in [0.25, 0.3) is 0 Å². The summed E-state index contributed by atoms with van der Waals surface area (Å²) in [6.45, 7) is 2.05. The molecule has 0 amide bonds. The Labute approximate surface area is 95.5 Å². The van der Waals surface area contributed by atoms with Gasteiger partial charge in [-0.15, -0.1) is 0 Å². The van der Waals surface area contributed by atoms with Crippen LogP contribution in [0.2, 0.25) is 0 Å². The molecular formula is C14H13NO. The van der Waals surface area contributed by atoms with Crippen LogP contribution in [0.5, 0.6) is 5.75 Å². The van der Waals surface area contributed by atoms with E-state index in [-0.39, 0.29) is 0 Å². The first kappa shape index (κ1) is 10.5. The molecule has 0 unspecified atom stereocenters. The van der Waals surface area contributed by atoms with Gasteiger partial charge in [0.1, 0.15) is 11.5 Å². The summed E-state index contributed by atoms with van der Waals surface area (Å²) in [6.07, 6.45) is 6.22. The molecule has 0 spiro atoms. The lowest BCUT2D eigenvalue weighted by Gasteiger charge is -2.14. The lowest BCUT2D eigenvalue weighted by Crippen LogP contribution is -2.00. The van der Waals surface area contributed by atoms with E-state index in [0.29, 0.717) is 5.56 Å². The van der Waals surface area contributed by atoms with Crippen LogP contribution in [0.15, 0.2) is 47.7 Å².